The number of hydrogen-bond donors (Lipinski definition) is 2. The zero-order chi connectivity index (χ0) is 14.2. The Labute approximate surface area is 108 Å². The largest absolute Gasteiger partial charge is 0.480 e. The van der Waals surface area contributed by atoms with Gasteiger partial charge in [0.1, 0.15) is 11.7 Å². The molecule has 8 nitrogen and oxygen atoms in total. The lowest BCUT2D eigenvalue weighted by molar-refractivity contribution is -0.384. The number of rotatable bonds is 5. The number of carboxylic acids is 1. The van der Waals surface area contributed by atoms with Crippen molar-refractivity contribution in [2.45, 2.75) is 31.8 Å². The second-order valence-electron chi connectivity index (χ2n) is 4.51. The Hall–Kier alpha value is -2.38. The first kappa shape index (κ1) is 13.1. The van der Waals surface area contributed by atoms with Gasteiger partial charge < -0.3 is 15.0 Å². The van der Waals surface area contributed by atoms with Crippen LogP contribution in [0.5, 0.6) is 0 Å². The topological polar surface area (TPSA) is 114 Å². The van der Waals surface area contributed by atoms with Crippen molar-refractivity contribution < 1.29 is 19.6 Å². The monoisotopic (exact) mass is 267 g/mol. The van der Waals surface area contributed by atoms with Crippen molar-refractivity contribution in [2.24, 2.45) is 0 Å². The van der Waals surface area contributed by atoms with Crippen molar-refractivity contribution in [3.63, 3.8) is 0 Å². The smallest absolute Gasteiger partial charge is 0.325 e. The van der Waals surface area contributed by atoms with Crippen LogP contribution in [0.15, 0.2) is 12.3 Å². The Morgan fingerprint density at radius 1 is 1.58 bits per heavy atom. The van der Waals surface area contributed by atoms with E-state index in [-0.39, 0.29) is 17.4 Å². The molecule has 0 saturated heterocycles. The lowest BCUT2D eigenvalue weighted by atomic mass is 10.3. The van der Waals surface area contributed by atoms with E-state index in [4.69, 9.17) is 5.11 Å². The minimum atomic E-state index is -1.16. The Morgan fingerprint density at radius 2 is 2.21 bits per heavy atom. The second-order valence-corrected chi connectivity index (χ2v) is 4.51. The van der Waals surface area contributed by atoms with Crippen LogP contribution >= 0.6 is 0 Å². The molecule has 1 amide bonds. The third-order valence-corrected chi connectivity index (χ3v) is 2.94. The van der Waals surface area contributed by atoms with E-state index in [1.807, 2.05) is 0 Å². The number of hydrogen-bond acceptors (Lipinski definition) is 4. The van der Waals surface area contributed by atoms with Crippen LogP contribution in [0.2, 0.25) is 0 Å². The fourth-order valence-corrected chi connectivity index (χ4v) is 1.73. The summed E-state index contributed by atoms with van der Waals surface area (Å²) in [4.78, 5) is 32.8. The van der Waals surface area contributed by atoms with E-state index >= 15 is 0 Å². The van der Waals surface area contributed by atoms with Crippen LogP contribution in [0.3, 0.4) is 0 Å². The minimum Gasteiger partial charge on any atom is -0.480 e. The Bertz CT molecular complexity index is 547. The summed E-state index contributed by atoms with van der Waals surface area (Å²) in [6, 6.07) is 0.214. The molecule has 1 heterocycles. The van der Waals surface area contributed by atoms with Gasteiger partial charge in [-0.25, -0.2) is 0 Å². The molecule has 0 radical (unpaired) electrons. The van der Waals surface area contributed by atoms with E-state index in [1.54, 1.807) is 4.57 Å². The van der Waals surface area contributed by atoms with Gasteiger partial charge in [0.25, 0.3) is 11.6 Å². The summed E-state index contributed by atoms with van der Waals surface area (Å²) in [5.74, 6) is -1.78. The maximum Gasteiger partial charge on any atom is 0.325 e. The summed E-state index contributed by atoms with van der Waals surface area (Å²) in [6.45, 7) is 1.33. The highest BCUT2D eigenvalue weighted by atomic mass is 16.6. The molecular weight excluding hydrogens is 254 g/mol. The zero-order valence-corrected chi connectivity index (χ0v) is 10.2. The Kier molecular flexibility index (Phi) is 3.24. The van der Waals surface area contributed by atoms with Crippen molar-refractivity contribution in [1.29, 1.82) is 0 Å². The SMILES string of the molecule is C[C@@H](NC(=O)c1cc([N+](=O)[O-])cn1C1CC1)C(=O)O. The molecule has 0 aliphatic heterocycles. The molecule has 2 N–H and O–H groups in total. The molecule has 1 aliphatic carbocycles. The summed E-state index contributed by atoms with van der Waals surface area (Å²) >= 11 is 0. The average molecular weight is 267 g/mol. The normalized spacial score (nSPS) is 15.8. The summed E-state index contributed by atoms with van der Waals surface area (Å²) in [5, 5.41) is 21.8. The average Bonchev–Trinajstić information content (AvgIpc) is 3.07. The molecule has 102 valence electrons. The zero-order valence-electron chi connectivity index (χ0n) is 10.2. The van der Waals surface area contributed by atoms with Crippen LogP contribution in [-0.4, -0.2) is 32.5 Å². The van der Waals surface area contributed by atoms with Gasteiger partial charge >= 0.3 is 5.97 Å². The van der Waals surface area contributed by atoms with E-state index in [9.17, 15) is 19.7 Å². The fraction of sp³-hybridized carbons (Fsp3) is 0.455. The Balaban J connectivity index is 2.24. The van der Waals surface area contributed by atoms with Crippen LogP contribution in [0.4, 0.5) is 5.69 Å². The number of nitro groups is 1. The van der Waals surface area contributed by atoms with Crippen molar-refractivity contribution in [2.75, 3.05) is 0 Å². The molecule has 0 bridgehead atoms. The van der Waals surface area contributed by atoms with E-state index < -0.39 is 22.8 Å². The van der Waals surface area contributed by atoms with Crippen LogP contribution in [0, 0.1) is 10.1 Å². The lowest BCUT2D eigenvalue weighted by Gasteiger charge is -2.10. The third-order valence-electron chi connectivity index (χ3n) is 2.94. The van der Waals surface area contributed by atoms with Gasteiger partial charge in [-0.15, -0.1) is 0 Å². The van der Waals surface area contributed by atoms with Gasteiger partial charge in [0.2, 0.25) is 0 Å². The van der Waals surface area contributed by atoms with Gasteiger partial charge in [0, 0.05) is 12.1 Å². The second kappa shape index (κ2) is 4.71. The fourth-order valence-electron chi connectivity index (χ4n) is 1.73. The summed E-state index contributed by atoms with van der Waals surface area (Å²) in [5.41, 5.74) is -0.0395. The third kappa shape index (κ3) is 2.72. The molecular formula is C11H13N3O5. The summed E-state index contributed by atoms with van der Waals surface area (Å²) in [7, 11) is 0. The molecule has 0 spiro atoms. The van der Waals surface area contributed by atoms with Crippen molar-refractivity contribution in [3.05, 3.63) is 28.1 Å². The van der Waals surface area contributed by atoms with E-state index in [0.29, 0.717) is 0 Å². The molecule has 1 atom stereocenters. The molecule has 8 heteroatoms. The molecule has 19 heavy (non-hydrogen) atoms. The minimum absolute atomic E-state index is 0.0922. The molecule has 1 aromatic heterocycles. The number of carbonyl (C=O) groups excluding carboxylic acids is 1. The standard InChI is InChI=1S/C11H13N3O5/c1-6(11(16)17)12-10(15)9-4-8(14(18)19)5-13(9)7-2-3-7/h4-7H,2-3H2,1H3,(H,12,15)(H,16,17)/t6-/m1/s1. The first-order chi connectivity index (χ1) is 8.90. The van der Waals surface area contributed by atoms with E-state index in [0.717, 1.165) is 12.8 Å². The summed E-state index contributed by atoms with van der Waals surface area (Å²) in [6.07, 6.45) is 3.04. The van der Waals surface area contributed by atoms with E-state index in [1.165, 1.54) is 19.2 Å². The highest BCUT2D eigenvalue weighted by molar-refractivity contribution is 5.96. The number of carboxylic acid groups (broad SMARTS) is 1. The van der Waals surface area contributed by atoms with Crippen LogP contribution < -0.4 is 5.32 Å². The van der Waals surface area contributed by atoms with E-state index in [2.05, 4.69) is 5.32 Å². The van der Waals surface area contributed by atoms with Crippen molar-refractivity contribution >= 4 is 17.6 Å². The molecule has 1 aromatic rings. The number of nitrogens with zero attached hydrogens (tertiary/aromatic N) is 2. The number of carbonyl (C=O) groups is 2. The molecule has 0 unspecified atom stereocenters. The number of aliphatic carboxylic acids is 1. The Morgan fingerprint density at radius 3 is 2.68 bits per heavy atom. The number of nitrogens with one attached hydrogen (secondary N) is 1. The molecule has 1 saturated carbocycles. The van der Waals surface area contributed by atoms with Gasteiger partial charge in [-0.2, -0.15) is 0 Å². The maximum absolute atomic E-state index is 11.9. The molecule has 0 aromatic carbocycles. The molecule has 1 aliphatic rings. The van der Waals surface area contributed by atoms with Gasteiger partial charge in [0.05, 0.1) is 11.1 Å². The highest BCUT2D eigenvalue weighted by Gasteiger charge is 2.31. The predicted octanol–water partition coefficient (Wildman–Crippen LogP) is 0.934. The van der Waals surface area contributed by atoms with Crippen LogP contribution in [0.1, 0.15) is 36.3 Å². The maximum atomic E-state index is 11.9. The quantitative estimate of drug-likeness (QED) is 0.608. The number of amides is 1. The first-order valence-corrected chi connectivity index (χ1v) is 5.80. The van der Waals surface area contributed by atoms with Gasteiger partial charge in [-0.1, -0.05) is 0 Å². The van der Waals surface area contributed by atoms with Gasteiger partial charge in [0.15, 0.2) is 0 Å². The predicted molar refractivity (Wildman–Crippen MR) is 63.9 cm³/mol. The summed E-state index contributed by atoms with van der Waals surface area (Å²) < 4.78 is 1.54. The highest BCUT2D eigenvalue weighted by Crippen LogP contribution is 2.37. The first-order valence-electron chi connectivity index (χ1n) is 5.80. The van der Waals surface area contributed by atoms with Crippen molar-refractivity contribution in [1.82, 2.24) is 9.88 Å². The molecule has 1 fully saturated rings. The van der Waals surface area contributed by atoms with Crippen molar-refractivity contribution in [3.8, 4) is 0 Å². The molecule has 2 rings (SSSR count). The van der Waals surface area contributed by atoms with Gasteiger partial charge in [-0.05, 0) is 19.8 Å². The number of aromatic nitrogens is 1. The van der Waals surface area contributed by atoms with Crippen LogP contribution in [-0.2, 0) is 4.79 Å². The van der Waals surface area contributed by atoms with Crippen LogP contribution in [0.25, 0.3) is 0 Å². The lowest BCUT2D eigenvalue weighted by Crippen LogP contribution is -2.39. The van der Waals surface area contributed by atoms with Gasteiger partial charge in [-0.3, -0.25) is 19.7 Å².